The third kappa shape index (κ3) is 2.21. The first kappa shape index (κ1) is 13.5. The van der Waals surface area contributed by atoms with Gasteiger partial charge in [0.1, 0.15) is 11.6 Å². The molecule has 0 bridgehead atoms. The van der Waals surface area contributed by atoms with Crippen molar-refractivity contribution in [1.82, 2.24) is 15.3 Å². The van der Waals surface area contributed by atoms with Gasteiger partial charge in [-0.1, -0.05) is 0 Å². The second-order valence-electron chi connectivity index (χ2n) is 5.37. The van der Waals surface area contributed by atoms with Crippen molar-refractivity contribution in [3.8, 4) is 0 Å². The number of halogens is 2. The van der Waals surface area contributed by atoms with Crippen LogP contribution in [0.4, 0.5) is 10.2 Å². The molecule has 3 heterocycles. The van der Waals surface area contributed by atoms with E-state index in [0.29, 0.717) is 11.6 Å². The van der Waals surface area contributed by atoms with E-state index in [2.05, 4.69) is 20.2 Å². The van der Waals surface area contributed by atoms with Crippen LogP contribution < -0.4 is 10.2 Å². The first-order valence-corrected chi connectivity index (χ1v) is 6.70. The second-order valence-corrected chi connectivity index (χ2v) is 5.37. The number of aromatic nitrogens is 2. The van der Waals surface area contributed by atoms with Gasteiger partial charge in [0.25, 0.3) is 0 Å². The van der Waals surface area contributed by atoms with Gasteiger partial charge < -0.3 is 10.2 Å². The Bertz CT molecular complexity index is 636. The van der Waals surface area contributed by atoms with Crippen LogP contribution in [-0.4, -0.2) is 35.6 Å². The summed E-state index contributed by atoms with van der Waals surface area (Å²) in [5, 5.41) is 3.44. The van der Waals surface area contributed by atoms with Crippen LogP contribution in [0.3, 0.4) is 0 Å². The molecule has 2 atom stereocenters. The monoisotopic (exact) mass is 294 g/mol. The van der Waals surface area contributed by atoms with Gasteiger partial charge in [0, 0.05) is 25.2 Å². The summed E-state index contributed by atoms with van der Waals surface area (Å²) in [6.07, 6.45) is 2.99. The van der Waals surface area contributed by atoms with E-state index in [4.69, 9.17) is 0 Å². The Kier molecular flexibility index (Phi) is 3.48. The lowest BCUT2D eigenvalue weighted by atomic mass is 9.85. The number of rotatable bonds is 1. The lowest BCUT2D eigenvalue weighted by Gasteiger charge is -2.46. The van der Waals surface area contributed by atoms with Crippen LogP contribution in [0.5, 0.6) is 0 Å². The van der Waals surface area contributed by atoms with Crippen LogP contribution in [-0.2, 0) is 0 Å². The maximum Gasteiger partial charge on any atom is 0.147 e. The maximum atomic E-state index is 13.2. The molecule has 1 N–H and O–H groups in total. The molecule has 2 unspecified atom stereocenters. The zero-order valence-corrected chi connectivity index (χ0v) is 11.7. The van der Waals surface area contributed by atoms with Gasteiger partial charge in [0.05, 0.1) is 17.2 Å². The SMILES string of the molecule is Cl.Fc1ccc2ncc(N3CCC4CNC4C3)nc2c1. The third-order valence-electron chi connectivity index (χ3n) is 4.21. The van der Waals surface area contributed by atoms with E-state index in [-0.39, 0.29) is 18.2 Å². The minimum absolute atomic E-state index is 0. The predicted molar refractivity (Wildman–Crippen MR) is 78.9 cm³/mol. The largest absolute Gasteiger partial charge is 0.354 e. The summed E-state index contributed by atoms with van der Waals surface area (Å²) >= 11 is 0. The van der Waals surface area contributed by atoms with E-state index < -0.39 is 0 Å². The quantitative estimate of drug-likeness (QED) is 0.873. The lowest BCUT2D eigenvalue weighted by molar-refractivity contribution is 0.196. The number of nitrogens with zero attached hydrogens (tertiary/aromatic N) is 3. The summed E-state index contributed by atoms with van der Waals surface area (Å²) in [4.78, 5) is 11.1. The number of anilines is 1. The maximum absolute atomic E-state index is 13.2. The number of hydrogen-bond acceptors (Lipinski definition) is 4. The fourth-order valence-corrected chi connectivity index (χ4v) is 2.95. The molecule has 0 saturated carbocycles. The van der Waals surface area contributed by atoms with Crippen molar-refractivity contribution < 1.29 is 4.39 Å². The molecular formula is C14H16ClFN4. The topological polar surface area (TPSA) is 41.1 Å². The summed E-state index contributed by atoms with van der Waals surface area (Å²) in [6, 6.07) is 5.11. The zero-order chi connectivity index (χ0) is 12.8. The number of piperidine rings is 1. The van der Waals surface area contributed by atoms with E-state index >= 15 is 0 Å². The fraction of sp³-hybridized carbons (Fsp3) is 0.429. The molecule has 6 heteroatoms. The Morgan fingerprint density at radius 2 is 2.20 bits per heavy atom. The highest BCUT2D eigenvalue weighted by molar-refractivity contribution is 5.85. The Morgan fingerprint density at radius 3 is 2.95 bits per heavy atom. The highest BCUT2D eigenvalue weighted by Gasteiger charge is 2.35. The van der Waals surface area contributed by atoms with E-state index in [0.717, 1.165) is 36.9 Å². The minimum atomic E-state index is -0.265. The average Bonchev–Trinajstić information content (AvgIpc) is 2.39. The van der Waals surface area contributed by atoms with Crippen molar-refractivity contribution >= 4 is 29.3 Å². The molecular weight excluding hydrogens is 279 g/mol. The van der Waals surface area contributed by atoms with Crippen LogP contribution in [0, 0.1) is 11.7 Å². The molecule has 106 valence electrons. The first-order valence-electron chi connectivity index (χ1n) is 6.70. The van der Waals surface area contributed by atoms with Gasteiger partial charge in [-0.25, -0.2) is 9.37 Å². The van der Waals surface area contributed by atoms with Crippen LogP contribution in [0.1, 0.15) is 6.42 Å². The van der Waals surface area contributed by atoms with Gasteiger partial charge in [0.2, 0.25) is 0 Å². The number of hydrogen-bond donors (Lipinski definition) is 1. The lowest BCUT2D eigenvalue weighted by Crippen LogP contribution is -2.62. The summed E-state index contributed by atoms with van der Waals surface area (Å²) in [6.45, 7) is 3.13. The molecule has 1 aromatic heterocycles. The molecule has 2 aliphatic rings. The minimum Gasteiger partial charge on any atom is -0.354 e. The van der Waals surface area contributed by atoms with Gasteiger partial charge in [-0.05, 0) is 31.0 Å². The summed E-state index contributed by atoms with van der Waals surface area (Å²) in [5.74, 6) is 1.41. The molecule has 2 aliphatic heterocycles. The van der Waals surface area contributed by atoms with Crippen molar-refractivity contribution in [1.29, 1.82) is 0 Å². The van der Waals surface area contributed by atoms with Crippen molar-refractivity contribution in [3.05, 3.63) is 30.2 Å². The number of fused-ring (bicyclic) bond motifs is 2. The number of benzene rings is 1. The highest BCUT2D eigenvalue weighted by Crippen LogP contribution is 2.27. The van der Waals surface area contributed by atoms with Gasteiger partial charge in [0.15, 0.2) is 0 Å². The second kappa shape index (κ2) is 5.14. The molecule has 4 rings (SSSR count). The molecule has 0 spiro atoms. The zero-order valence-electron chi connectivity index (χ0n) is 10.9. The third-order valence-corrected chi connectivity index (χ3v) is 4.21. The summed E-state index contributed by atoms with van der Waals surface area (Å²) < 4.78 is 13.2. The first-order chi connectivity index (χ1) is 9.29. The van der Waals surface area contributed by atoms with E-state index in [1.54, 1.807) is 12.3 Å². The van der Waals surface area contributed by atoms with Crippen molar-refractivity contribution in [2.45, 2.75) is 12.5 Å². The van der Waals surface area contributed by atoms with E-state index in [1.807, 2.05) is 0 Å². The predicted octanol–water partition coefficient (Wildman–Crippen LogP) is 1.99. The molecule has 0 amide bonds. The molecule has 2 aromatic rings. The Hall–Kier alpha value is -1.46. The molecule has 20 heavy (non-hydrogen) atoms. The van der Waals surface area contributed by atoms with Gasteiger partial charge in [-0.2, -0.15) is 0 Å². The van der Waals surface area contributed by atoms with Crippen molar-refractivity contribution in [3.63, 3.8) is 0 Å². The van der Waals surface area contributed by atoms with Crippen LogP contribution in [0.25, 0.3) is 11.0 Å². The van der Waals surface area contributed by atoms with Crippen LogP contribution >= 0.6 is 12.4 Å². The molecule has 0 aliphatic carbocycles. The molecule has 2 saturated heterocycles. The smallest absolute Gasteiger partial charge is 0.147 e. The van der Waals surface area contributed by atoms with Gasteiger partial charge in [-0.3, -0.25) is 4.98 Å². The summed E-state index contributed by atoms with van der Waals surface area (Å²) in [5.41, 5.74) is 1.36. The van der Waals surface area contributed by atoms with Gasteiger partial charge >= 0.3 is 0 Å². The summed E-state index contributed by atoms with van der Waals surface area (Å²) in [7, 11) is 0. The van der Waals surface area contributed by atoms with E-state index in [1.165, 1.54) is 18.6 Å². The number of nitrogens with one attached hydrogen (secondary N) is 1. The van der Waals surface area contributed by atoms with Crippen molar-refractivity contribution in [2.75, 3.05) is 24.5 Å². The van der Waals surface area contributed by atoms with E-state index in [9.17, 15) is 4.39 Å². The normalized spacial score (nSPS) is 24.8. The average molecular weight is 295 g/mol. The van der Waals surface area contributed by atoms with Crippen LogP contribution in [0.2, 0.25) is 0 Å². The molecule has 2 fully saturated rings. The highest BCUT2D eigenvalue weighted by atomic mass is 35.5. The van der Waals surface area contributed by atoms with Crippen molar-refractivity contribution in [2.24, 2.45) is 5.92 Å². The Morgan fingerprint density at radius 1 is 1.30 bits per heavy atom. The van der Waals surface area contributed by atoms with Gasteiger partial charge in [-0.15, -0.1) is 12.4 Å². The van der Waals surface area contributed by atoms with Crippen LogP contribution in [0.15, 0.2) is 24.4 Å². The standard InChI is InChI=1S/C14H15FN4.ClH/c15-10-1-2-11-12(5-10)18-14(7-17-11)19-4-3-9-6-16-13(9)8-19;/h1-2,5,7,9,13,16H,3-4,6,8H2;1H. The fourth-order valence-electron chi connectivity index (χ4n) is 2.95. The molecule has 1 aromatic carbocycles. The Balaban J connectivity index is 0.00000121. The Labute approximate surface area is 122 Å². The molecule has 4 nitrogen and oxygen atoms in total. The molecule has 0 radical (unpaired) electrons.